The van der Waals surface area contributed by atoms with Gasteiger partial charge in [0.25, 0.3) is 0 Å². The van der Waals surface area contributed by atoms with Crippen molar-refractivity contribution >= 4 is 22.7 Å². The van der Waals surface area contributed by atoms with Crippen LogP contribution in [0.3, 0.4) is 0 Å². The molecule has 0 N–H and O–H groups in total. The fourth-order valence-corrected chi connectivity index (χ4v) is 3.13. The summed E-state index contributed by atoms with van der Waals surface area (Å²) in [6.07, 6.45) is -0.163. The van der Waals surface area contributed by atoms with Crippen LogP contribution in [-0.4, -0.2) is 33.1 Å². The molecular formula is C22H20O7. The SMILES string of the molecule is COC(=O)[C@@H](CC(=O)c1ccc(OC)cc1)c1cc(=O)oc2cc(OC)ccc12. The Morgan fingerprint density at radius 3 is 2.21 bits per heavy atom. The molecule has 0 aliphatic heterocycles. The van der Waals surface area contributed by atoms with Crippen LogP contribution in [0.15, 0.2) is 57.7 Å². The number of carbonyl (C=O) groups is 2. The van der Waals surface area contributed by atoms with E-state index in [-0.39, 0.29) is 17.8 Å². The smallest absolute Gasteiger partial charge is 0.336 e. The van der Waals surface area contributed by atoms with Gasteiger partial charge in [0.2, 0.25) is 0 Å². The lowest BCUT2D eigenvalue weighted by Gasteiger charge is -2.16. The molecule has 0 amide bonds. The Morgan fingerprint density at radius 2 is 1.59 bits per heavy atom. The van der Waals surface area contributed by atoms with Crippen molar-refractivity contribution in [2.75, 3.05) is 21.3 Å². The van der Waals surface area contributed by atoms with Crippen LogP contribution in [0.2, 0.25) is 0 Å². The Hall–Kier alpha value is -3.61. The quantitative estimate of drug-likeness (QED) is 0.344. The summed E-state index contributed by atoms with van der Waals surface area (Å²) < 4.78 is 20.4. The van der Waals surface area contributed by atoms with Gasteiger partial charge < -0.3 is 18.6 Å². The summed E-state index contributed by atoms with van der Waals surface area (Å²) in [6.45, 7) is 0. The van der Waals surface area contributed by atoms with Crippen molar-refractivity contribution in [2.45, 2.75) is 12.3 Å². The van der Waals surface area contributed by atoms with Crippen molar-refractivity contribution in [3.63, 3.8) is 0 Å². The molecule has 0 aliphatic rings. The summed E-state index contributed by atoms with van der Waals surface area (Å²) in [5.41, 5.74) is 0.422. The minimum Gasteiger partial charge on any atom is -0.497 e. The third-order valence-electron chi connectivity index (χ3n) is 4.65. The summed E-state index contributed by atoms with van der Waals surface area (Å²) in [7, 11) is 4.27. The zero-order valence-corrected chi connectivity index (χ0v) is 16.3. The Labute approximate surface area is 166 Å². The Balaban J connectivity index is 2.03. The summed E-state index contributed by atoms with van der Waals surface area (Å²) in [6, 6.07) is 12.7. The highest BCUT2D eigenvalue weighted by atomic mass is 16.5. The van der Waals surface area contributed by atoms with Crippen molar-refractivity contribution in [1.29, 1.82) is 0 Å². The molecule has 2 aromatic carbocycles. The van der Waals surface area contributed by atoms with Gasteiger partial charge in [0.1, 0.15) is 17.1 Å². The molecule has 0 fully saturated rings. The van der Waals surface area contributed by atoms with Gasteiger partial charge in [0.05, 0.1) is 27.2 Å². The van der Waals surface area contributed by atoms with E-state index in [4.69, 9.17) is 18.6 Å². The topological polar surface area (TPSA) is 92.0 Å². The number of esters is 1. The third kappa shape index (κ3) is 4.29. The van der Waals surface area contributed by atoms with Crippen LogP contribution in [0.1, 0.15) is 28.3 Å². The number of hydrogen-bond acceptors (Lipinski definition) is 7. The Bertz CT molecular complexity index is 1100. The van der Waals surface area contributed by atoms with Crippen LogP contribution in [0.5, 0.6) is 11.5 Å². The van der Waals surface area contributed by atoms with Gasteiger partial charge in [-0.05, 0) is 42.0 Å². The Morgan fingerprint density at radius 1 is 0.931 bits per heavy atom. The van der Waals surface area contributed by atoms with E-state index < -0.39 is 17.5 Å². The molecule has 1 atom stereocenters. The summed E-state index contributed by atoms with van der Waals surface area (Å²) in [4.78, 5) is 37.4. The first-order valence-electron chi connectivity index (χ1n) is 8.83. The second kappa shape index (κ2) is 8.60. The van der Waals surface area contributed by atoms with Crippen LogP contribution in [0.4, 0.5) is 0 Å². The molecule has 1 aromatic heterocycles. The highest BCUT2D eigenvalue weighted by molar-refractivity contribution is 6.00. The van der Waals surface area contributed by atoms with Crippen molar-refractivity contribution in [1.82, 2.24) is 0 Å². The number of benzene rings is 2. The zero-order valence-electron chi connectivity index (χ0n) is 16.3. The van der Waals surface area contributed by atoms with Crippen molar-refractivity contribution in [3.05, 3.63) is 70.1 Å². The fraction of sp³-hybridized carbons (Fsp3) is 0.227. The largest absolute Gasteiger partial charge is 0.497 e. The zero-order chi connectivity index (χ0) is 21.0. The average Bonchev–Trinajstić information content (AvgIpc) is 2.75. The van der Waals surface area contributed by atoms with Crippen LogP contribution in [0, 0.1) is 0 Å². The fourth-order valence-electron chi connectivity index (χ4n) is 3.13. The van der Waals surface area contributed by atoms with Gasteiger partial charge in [0.15, 0.2) is 5.78 Å². The van der Waals surface area contributed by atoms with Gasteiger partial charge in [-0.2, -0.15) is 0 Å². The monoisotopic (exact) mass is 396 g/mol. The number of rotatable bonds is 7. The molecule has 0 saturated carbocycles. The number of fused-ring (bicyclic) bond motifs is 1. The molecule has 3 rings (SSSR count). The highest BCUT2D eigenvalue weighted by Crippen LogP contribution is 2.31. The molecule has 7 heteroatoms. The van der Waals surface area contributed by atoms with E-state index in [2.05, 4.69) is 0 Å². The van der Waals surface area contributed by atoms with E-state index in [1.807, 2.05) is 0 Å². The van der Waals surface area contributed by atoms with Gasteiger partial charge in [0, 0.05) is 29.5 Å². The molecule has 0 bridgehead atoms. The minimum atomic E-state index is -0.963. The summed E-state index contributed by atoms with van der Waals surface area (Å²) >= 11 is 0. The second-order valence-corrected chi connectivity index (χ2v) is 6.31. The standard InChI is InChI=1S/C22H20O7/c1-26-14-6-4-13(5-7-14)19(23)11-18(22(25)28-3)17-12-21(24)29-20-10-15(27-2)8-9-16(17)20/h4-10,12,18H,11H2,1-3H3/t18-/m0/s1. The van der Waals surface area contributed by atoms with Crippen molar-refractivity contribution < 1.29 is 28.2 Å². The van der Waals surface area contributed by atoms with Crippen molar-refractivity contribution in [3.8, 4) is 11.5 Å². The molecule has 7 nitrogen and oxygen atoms in total. The maximum Gasteiger partial charge on any atom is 0.336 e. The van der Waals surface area contributed by atoms with E-state index in [0.717, 1.165) is 0 Å². The first-order chi connectivity index (χ1) is 14.0. The van der Waals surface area contributed by atoms with Gasteiger partial charge in [-0.3, -0.25) is 9.59 Å². The number of ether oxygens (including phenoxy) is 3. The molecule has 3 aromatic rings. The van der Waals surface area contributed by atoms with Crippen LogP contribution in [-0.2, 0) is 9.53 Å². The molecule has 0 spiro atoms. The third-order valence-corrected chi connectivity index (χ3v) is 4.65. The normalized spacial score (nSPS) is 11.7. The van der Waals surface area contributed by atoms with Gasteiger partial charge >= 0.3 is 11.6 Å². The molecule has 0 saturated heterocycles. The average molecular weight is 396 g/mol. The van der Waals surface area contributed by atoms with Gasteiger partial charge in [-0.1, -0.05) is 0 Å². The van der Waals surface area contributed by atoms with Crippen LogP contribution in [0.25, 0.3) is 11.0 Å². The molecule has 0 aliphatic carbocycles. The lowest BCUT2D eigenvalue weighted by Crippen LogP contribution is -2.20. The first kappa shape index (κ1) is 20.1. The minimum absolute atomic E-state index is 0.163. The molecular weight excluding hydrogens is 376 g/mol. The number of ketones is 1. The Kier molecular flexibility index (Phi) is 5.97. The number of Topliss-reactive ketones (excluding diaryl/α,β-unsaturated/α-hetero) is 1. The lowest BCUT2D eigenvalue weighted by atomic mass is 9.89. The molecule has 29 heavy (non-hydrogen) atoms. The second-order valence-electron chi connectivity index (χ2n) is 6.31. The van der Waals surface area contributed by atoms with E-state index in [1.165, 1.54) is 27.4 Å². The van der Waals surface area contributed by atoms with Crippen molar-refractivity contribution in [2.24, 2.45) is 0 Å². The molecule has 150 valence electrons. The van der Waals surface area contributed by atoms with E-state index in [0.29, 0.717) is 28.0 Å². The maximum atomic E-state index is 12.8. The first-order valence-corrected chi connectivity index (χ1v) is 8.83. The predicted octanol–water partition coefficient (Wildman–Crippen LogP) is 3.34. The van der Waals surface area contributed by atoms with Crippen LogP contribution < -0.4 is 15.1 Å². The van der Waals surface area contributed by atoms with Gasteiger partial charge in [-0.25, -0.2) is 4.79 Å². The number of carbonyl (C=O) groups excluding carboxylic acids is 2. The number of hydrogen-bond donors (Lipinski definition) is 0. The molecule has 1 heterocycles. The lowest BCUT2D eigenvalue weighted by molar-refractivity contribution is -0.142. The summed E-state index contributed by atoms with van der Waals surface area (Å²) in [5.74, 6) is -0.726. The van der Waals surface area contributed by atoms with Crippen LogP contribution >= 0.6 is 0 Å². The molecule has 0 radical (unpaired) electrons. The van der Waals surface area contributed by atoms with E-state index in [1.54, 1.807) is 42.5 Å². The summed E-state index contributed by atoms with van der Waals surface area (Å²) in [5, 5.41) is 0.531. The number of methoxy groups -OCH3 is 3. The highest BCUT2D eigenvalue weighted by Gasteiger charge is 2.28. The molecule has 0 unspecified atom stereocenters. The predicted molar refractivity (Wildman–Crippen MR) is 106 cm³/mol. The van der Waals surface area contributed by atoms with Gasteiger partial charge in [-0.15, -0.1) is 0 Å². The maximum absolute atomic E-state index is 12.8. The van der Waals surface area contributed by atoms with E-state index >= 15 is 0 Å². The van der Waals surface area contributed by atoms with E-state index in [9.17, 15) is 14.4 Å².